The molecular weight excluding hydrogens is 274 g/mol. The molecule has 1 unspecified atom stereocenters. The number of amides is 1. The van der Waals surface area contributed by atoms with Crippen molar-refractivity contribution < 1.29 is 24.2 Å². The third-order valence-electron chi connectivity index (χ3n) is 3.24. The summed E-state index contributed by atoms with van der Waals surface area (Å²) >= 11 is 0. The molecule has 2 N–H and O–H groups in total. The van der Waals surface area contributed by atoms with Crippen molar-refractivity contribution in [1.29, 1.82) is 0 Å². The summed E-state index contributed by atoms with van der Waals surface area (Å²) in [5.74, 6) is -1.39. The van der Waals surface area contributed by atoms with Crippen LogP contribution in [-0.4, -0.2) is 29.0 Å². The number of ketones is 1. The van der Waals surface area contributed by atoms with Crippen molar-refractivity contribution >= 4 is 17.8 Å². The lowest BCUT2D eigenvalue weighted by Crippen LogP contribution is -2.42. The third-order valence-corrected chi connectivity index (χ3v) is 3.24. The number of alkyl carbamates (subject to hydrolysis) is 1. The third kappa shape index (κ3) is 4.91. The highest BCUT2D eigenvalue weighted by molar-refractivity contribution is 5.90. The quantitative estimate of drug-likeness (QED) is 0.798. The van der Waals surface area contributed by atoms with Gasteiger partial charge in [-0.05, 0) is 18.4 Å². The van der Waals surface area contributed by atoms with Crippen LogP contribution >= 0.6 is 0 Å². The summed E-state index contributed by atoms with van der Waals surface area (Å²) in [6.07, 6.45) is 0.586. The second-order valence-electron chi connectivity index (χ2n) is 5.04. The van der Waals surface area contributed by atoms with Gasteiger partial charge in [-0.15, -0.1) is 0 Å². The van der Waals surface area contributed by atoms with Crippen LogP contribution in [0.2, 0.25) is 0 Å². The fourth-order valence-corrected chi connectivity index (χ4v) is 1.88. The Balaban J connectivity index is 1.80. The van der Waals surface area contributed by atoms with E-state index in [0.29, 0.717) is 0 Å². The molecule has 1 saturated carbocycles. The smallest absolute Gasteiger partial charge is 0.408 e. The molecule has 1 aliphatic rings. The van der Waals surface area contributed by atoms with Crippen molar-refractivity contribution in [3.63, 3.8) is 0 Å². The minimum Gasteiger partial charge on any atom is -0.480 e. The van der Waals surface area contributed by atoms with E-state index in [0.717, 1.165) is 18.4 Å². The Labute approximate surface area is 122 Å². The summed E-state index contributed by atoms with van der Waals surface area (Å²) in [6, 6.07) is 7.81. The predicted octanol–water partition coefficient (Wildman–Crippen LogP) is 1.74. The maximum absolute atomic E-state index is 11.6. The summed E-state index contributed by atoms with van der Waals surface area (Å²) in [5, 5.41) is 11.3. The van der Waals surface area contributed by atoms with E-state index in [9.17, 15) is 14.4 Å². The van der Waals surface area contributed by atoms with Gasteiger partial charge < -0.3 is 15.2 Å². The Kier molecular flexibility index (Phi) is 4.92. The van der Waals surface area contributed by atoms with Gasteiger partial charge in [0.1, 0.15) is 18.4 Å². The van der Waals surface area contributed by atoms with Gasteiger partial charge in [-0.2, -0.15) is 0 Å². The van der Waals surface area contributed by atoms with Crippen LogP contribution in [0.25, 0.3) is 0 Å². The molecule has 0 aromatic heterocycles. The van der Waals surface area contributed by atoms with E-state index in [2.05, 4.69) is 5.32 Å². The predicted molar refractivity (Wildman–Crippen MR) is 73.5 cm³/mol. The van der Waals surface area contributed by atoms with Gasteiger partial charge in [0, 0.05) is 12.3 Å². The molecule has 6 heteroatoms. The first-order valence-corrected chi connectivity index (χ1v) is 6.79. The van der Waals surface area contributed by atoms with Crippen molar-refractivity contribution in [1.82, 2.24) is 5.32 Å². The highest BCUT2D eigenvalue weighted by Crippen LogP contribution is 2.31. The molecule has 2 rings (SSSR count). The molecule has 0 saturated heterocycles. The molecular formula is C15H17NO5. The molecule has 0 heterocycles. The molecule has 6 nitrogen and oxygen atoms in total. The van der Waals surface area contributed by atoms with E-state index in [1.165, 1.54) is 0 Å². The number of aliphatic carboxylic acids is 1. The topological polar surface area (TPSA) is 92.7 Å². The molecule has 1 aromatic carbocycles. The van der Waals surface area contributed by atoms with E-state index >= 15 is 0 Å². The van der Waals surface area contributed by atoms with Crippen LogP contribution in [0.4, 0.5) is 4.79 Å². The summed E-state index contributed by atoms with van der Waals surface area (Å²) < 4.78 is 4.94. The van der Waals surface area contributed by atoms with Gasteiger partial charge >= 0.3 is 12.1 Å². The number of hydrogen-bond acceptors (Lipinski definition) is 4. The van der Waals surface area contributed by atoms with E-state index in [1.807, 2.05) is 18.2 Å². The molecule has 1 aromatic rings. The lowest BCUT2D eigenvalue weighted by Gasteiger charge is -2.13. The number of nitrogens with one attached hydrogen (secondary N) is 1. The largest absolute Gasteiger partial charge is 0.480 e. The summed E-state index contributed by atoms with van der Waals surface area (Å²) in [5.41, 5.74) is 0.800. The number of carboxylic acid groups (broad SMARTS) is 1. The number of ether oxygens (including phenoxy) is 1. The molecule has 1 fully saturated rings. The molecule has 1 atom stereocenters. The number of Topliss-reactive ketones (excluding diaryl/α,β-unsaturated/α-hetero) is 1. The first kappa shape index (κ1) is 15.0. The summed E-state index contributed by atoms with van der Waals surface area (Å²) in [7, 11) is 0. The van der Waals surface area contributed by atoms with Crippen LogP contribution < -0.4 is 5.32 Å². The van der Waals surface area contributed by atoms with E-state index in [4.69, 9.17) is 9.84 Å². The monoisotopic (exact) mass is 291 g/mol. The average molecular weight is 291 g/mol. The maximum Gasteiger partial charge on any atom is 0.408 e. The van der Waals surface area contributed by atoms with Gasteiger partial charge in [-0.1, -0.05) is 30.3 Å². The van der Waals surface area contributed by atoms with Gasteiger partial charge in [0.2, 0.25) is 0 Å². The molecule has 0 radical (unpaired) electrons. The molecule has 0 spiro atoms. The fraction of sp³-hybridized carbons (Fsp3) is 0.400. The first-order chi connectivity index (χ1) is 10.1. The Morgan fingerprint density at radius 3 is 2.48 bits per heavy atom. The zero-order valence-corrected chi connectivity index (χ0v) is 11.5. The Hall–Kier alpha value is -2.37. The Morgan fingerprint density at radius 2 is 1.90 bits per heavy atom. The molecule has 21 heavy (non-hydrogen) atoms. The normalized spacial score (nSPS) is 15.0. The maximum atomic E-state index is 11.6. The fourth-order valence-electron chi connectivity index (χ4n) is 1.88. The van der Waals surface area contributed by atoms with E-state index < -0.39 is 18.1 Å². The minimum atomic E-state index is -1.24. The Morgan fingerprint density at radius 1 is 1.24 bits per heavy atom. The van der Waals surface area contributed by atoms with E-state index in [1.54, 1.807) is 12.1 Å². The van der Waals surface area contributed by atoms with Gasteiger partial charge in [0.15, 0.2) is 0 Å². The number of carboxylic acids is 1. The van der Waals surface area contributed by atoms with Crippen LogP contribution in [0.3, 0.4) is 0 Å². The van der Waals surface area contributed by atoms with Crippen LogP contribution in [0.5, 0.6) is 0 Å². The van der Waals surface area contributed by atoms with Crippen molar-refractivity contribution in [2.75, 3.05) is 0 Å². The summed E-state index contributed by atoms with van der Waals surface area (Å²) in [4.78, 5) is 34.3. The number of benzene rings is 1. The SMILES string of the molecule is O=C(NC(CC(=O)C1CC1)C(=O)O)OCc1ccccc1. The standard InChI is InChI=1S/C15H17NO5/c17-13(11-6-7-11)8-12(14(18)19)16-15(20)21-9-10-4-2-1-3-5-10/h1-5,11-12H,6-9H2,(H,16,20)(H,18,19). The summed E-state index contributed by atoms with van der Waals surface area (Å²) in [6.45, 7) is 0.0512. The molecule has 1 aliphatic carbocycles. The van der Waals surface area contributed by atoms with Gasteiger partial charge in [-0.25, -0.2) is 9.59 Å². The van der Waals surface area contributed by atoms with E-state index in [-0.39, 0.29) is 24.7 Å². The van der Waals surface area contributed by atoms with Crippen LogP contribution in [-0.2, 0) is 20.9 Å². The van der Waals surface area contributed by atoms with Crippen molar-refractivity contribution in [2.24, 2.45) is 5.92 Å². The zero-order chi connectivity index (χ0) is 15.2. The number of carbonyl (C=O) groups excluding carboxylic acids is 2. The van der Waals surface area contributed by atoms with Gasteiger partial charge in [-0.3, -0.25) is 4.79 Å². The highest BCUT2D eigenvalue weighted by Gasteiger charge is 2.33. The molecule has 0 bridgehead atoms. The number of carbonyl (C=O) groups is 3. The average Bonchev–Trinajstić information content (AvgIpc) is 3.30. The van der Waals surface area contributed by atoms with Gasteiger partial charge in [0.25, 0.3) is 0 Å². The van der Waals surface area contributed by atoms with Crippen molar-refractivity contribution in [3.8, 4) is 0 Å². The van der Waals surface area contributed by atoms with Crippen LogP contribution in [0.1, 0.15) is 24.8 Å². The lowest BCUT2D eigenvalue weighted by molar-refractivity contribution is -0.141. The minimum absolute atomic E-state index is 0.0333. The molecule has 1 amide bonds. The highest BCUT2D eigenvalue weighted by atomic mass is 16.5. The number of hydrogen-bond donors (Lipinski definition) is 2. The van der Waals surface area contributed by atoms with Crippen molar-refractivity contribution in [3.05, 3.63) is 35.9 Å². The second kappa shape index (κ2) is 6.88. The Bertz CT molecular complexity index is 524. The van der Waals surface area contributed by atoms with Crippen molar-refractivity contribution in [2.45, 2.75) is 31.9 Å². The van der Waals surface area contributed by atoms with Crippen LogP contribution in [0.15, 0.2) is 30.3 Å². The lowest BCUT2D eigenvalue weighted by atomic mass is 10.1. The first-order valence-electron chi connectivity index (χ1n) is 6.79. The number of rotatable bonds is 7. The molecule has 112 valence electrons. The molecule has 0 aliphatic heterocycles. The second-order valence-corrected chi connectivity index (χ2v) is 5.04. The van der Waals surface area contributed by atoms with Gasteiger partial charge in [0.05, 0.1) is 0 Å². The zero-order valence-electron chi connectivity index (χ0n) is 11.5. The van der Waals surface area contributed by atoms with Crippen LogP contribution in [0, 0.1) is 5.92 Å².